The van der Waals surface area contributed by atoms with E-state index in [1.165, 1.54) is 0 Å². The first kappa shape index (κ1) is 16.2. The number of pyridine rings is 1. The first-order valence-electron chi connectivity index (χ1n) is 7.93. The van der Waals surface area contributed by atoms with Gasteiger partial charge >= 0.3 is 0 Å². The third-order valence-corrected chi connectivity index (χ3v) is 3.58. The fourth-order valence-corrected chi connectivity index (χ4v) is 2.36. The number of hydrogen-bond donors (Lipinski definition) is 1. The molecule has 0 unspecified atom stereocenters. The van der Waals surface area contributed by atoms with Crippen molar-refractivity contribution < 1.29 is 4.39 Å². The molecule has 1 aromatic rings. The third-order valence-electron chi connectivity index (χ3n) is 3.58. The highest BCUT2D eigenvalue weighted by Crippen LogP contribution is 2.33. The molecule has 3 nitrogen and oxygen atoms in total. The zero-order chi connectivity index (χ0) is 15.6. The number of aromatic nitrogens is 1. The first-order chi connectivity index (χ1) is 9.78. The number of anilines is 1. The Balaban J connectivity index is 2.19. The van der Waals surface area contributed by atoms with Crippen molar-refractivity contribution in [2.24, 2.45) is 5.92 Å². The van der Waals surface area contributed by atoms with E-state index in [-0.39, 0.29) is 11.4 Å². The van der Waals surface area contributed by atoms with Crippen LogP contribution in [0.5, 0.6) is 0 Å². The molecule has 1 N–H and O–H groups in total. The largest absolute Gasteiger partial charge is 0.351 e. The van der Waals surface area contributed by atoms with Gasteiger partial charge in [-0.25, -0.2) is 9.37 Å². The highest BCUT2D eigenvalue weighted by atomic mass is 19.1. The molecule has 2 rings (SSSR count). The van der Waals surface area contributed by atoms with Gasteiger partial charge in [0.2, 0.25) is 0 Å². The van der Waals surface area contributed by atoms with Crippen LogP contribution in [0.2, 0.25) is 0 Å². The van der Waals surface area contributed by atoms with Gasteiger partial charge in [0.15, 0.2) is 11.6 Å². The summed E-state index contributed by atoms with van der Waals surface area (Å²) in [6.45, 7) is 12.0. The molecule has 21 heavy (non-hydrogen) atoms. The summed E-state index contributed by atoms with van der Waals surface area (Å²) in [4.78, 5) is 6.47. The van der Waals surface area contributed by atoms with Gasteiger partial charge in [0.05, 0.1) is 0 Å². The number of rotatable bonds is 6. The lowest BCUT2D eigenvalue weighted by molar-refractivity contribution is 0.418. The van der Waals surface area contributed by atoms with E-state index >= 15 is 0 Å². The van der Waals surface area contributed by atoms with Crippen molar-refractivity contribution in [2.75, 3.05) is 11.4 Å². The molecule has 1 aromatic heterocycles. The highest BCUT2D eigenvalue weighted by Gasteiger charge is 2.32. The van der Waals surface area contributed by atoms with Crippen LogP contribution < -0.4 is 10.2 Å². The van der Waals surface area contributed by atoms with Crippen LogP contribution in [-0.4, -0.2) is 23.1 Å². The molecule has 1 saturated carbocycles. The van der Waals surface area contributed by atoms with Crippen molar-refractivity contribution in [1.82, 2.24) is 10.3 Å². The molecule has 0 aromatic carbocycles. The molecular weight excluding hydrogens is 265 g/mol. The van der Waals surface area contributed by atoms with Gasteiger partial charge < -0.3 is 10.2 Å². The minimum Gasteiger partial charge on any atom is -0.351 e. The molecule has 0 saturated heterocycles. The molecule has 0 bridgehead atoms. The van der Waals surface area contributed by atoms with Gasteiger partial charge in [-0.05, 0) is 45.6 Å². The maximum atomic E-state index is 14.8. The van der Waals surface area contributed by atoms with Gasteiger partial charge in [0, 0.05) is 36.4 Å². The Bertz CT molecular complexity index is 475. The van der Waals surface area contributed by atoms with E-state index in [9.17, 15) is 4.39 Å². The Morgan fingerprint density at radius 1 is 1.38 bits per heavy atom. The van der Waals surface area contributed by atoms with Crippen LogP contribution in [0.15, 0.2) is 12.3 Å². The Kier molecular flexibility index (Phi) is 4.87. The van der Waals surface area contributed by atoms with Crippen LogP contribution in [0.25, 0.3) is 0 Å². The van der Waals surface area contributed by atoms with Crippen LogP contribution in [0.3, 0.4) is 0 Å². The number of halogens is 1. The van der Waals surface area contributed by atoms with Gasteiger partial charge in [-0.2, -0.15) is 0 Å². The molecule has 0 atom stereocenters. The Labute approximate surface area is 127 Å². The summed E-state index contributed by atoms with van der Waals surface area (Å²) in [5, 5.41) is 3.34. The maximum absolute atomic E-state index is 14.8. The number of nitrogens with zero attached hydrogens (tertiary/aromatic N) is 2. The van der Waals surface area contributed by atoms with Crippen LogP contribution in [0.4, 0.5) is 10.2 Å². The van der Waals surface area contributed by atoms with Crippen LogP contribution in [0.1, 0.15) is 53.0 Å². The molecular formula is C17H28FN3. The van der Waals surface area contributed by atoms with E-state index < -0.39 is 0 Å². The molecule has 1 aliphatic rings. The van der Waals surface area contributed by atoms with Crippen LogP contribution >= 0.6 is 0 Å². The smallest absolute Gasteiger partial charge is 0.170 e. The minimum atomic E-state index is -0.165. The summed E-state index contributed by atoms with van der Waals surface area (Å²) >= 11 is 0. The summed E-state index contributed by atoms with van der Waals surface area (Å²) in [6, 6.07) is 2.25. The normalized spacial score (nSPS) is 15.6. The Morgan fingerprint density at radius 3 is 2.57 bits per heavy atom. The standard InChI is InChI=1S/C17H28FN3/c1-12(2)11-21(14-6-7-14)16-15(18)13(8-9-19-16)10-20-17(3,4)5/h8-9,12,14,20H,6-7,10-11H2,1-5H3. The average molecular weight is 293 g/mol. The van der Waals surface area contributed by atoms with E-state index in [2.05, 4.69) is 49.8 Å². The van der Waals surface area contributed by atoms with Crippen molar-refractivity contribution in [3.8, 4) is 0 Å². The van der Waals surface area contributed by atoms with Gasteiger partial charge in [-0.15, -0.1) is 0 Å². The lowest BCUT2D eigenvalue weighted by atomic mass is 10.1. The Morgan fingerprint density at radius 2 is 2.05 bits per heavy atom. The predicted octanol–water partition coefficient (Wildman–Crippen LogP) is 3.73. The fourth-order valence-electron chi connectivity index (χ4n) is 2.36. The van der Waals surface area contributed by atoms with E-state index in [0.717, 1.165) is 19.4 Å². The van der Waals surface area contributed by atoms with Crippen molar-refractivity contribution in [3.63, 3.8) is 0 Å². The SMILES string of the molecule is CC(C)CN(c1nccc(CNC(C)(C)C)c1F)C1CC1. The summed E-state index contributed by atoms with van der Waals surface area (Å²) in [5.74, 6) is 0.865. The molecule has 0 radical (unpaired) electrons. The fraction of sp³-hybridized carbons (Fsp3) is 0.706. The molecule has 1 heterocycles. The second-order valence-corrected chi connectivity index (χ2v) is 7.49. The molecule has 0 amide bonds. The van der Waals surface area contributed by atoms with Crippen molar-refractivity contribution >= 4 is 5.82 Å². The Hall–Kier alpha value is -1.16. The second kappa shape index (κ2) is 6.30. The topological polar surface area (TPSA) is 28.2 Å². The maximum Gasteiger partial charge on any atom is 0.170 e. The molecule has 0 aliphatic heterocycles. The van der Waals surface area contributed by atoms with Gasteiger partial charge in [0.1, 0.15) is 0 Å². The van der Waals surface area contributed by atoms with Gasteiger partial charge in [-0.3, -0.25) is 0 Å². The summed E-state index contributed by atoms with van der Waals surface area (Å²) in [5.41, 5.74) is 0.675. The van der Waals surface area contributed by atoms with E-state index in [1.807, 2.05) is 0 Å². The van der Waals surface area contributed by atoms with E-state index in [4.69, 9.17) is 0 Å². The lowest BCUT2D eigenvalue weighted by Crippen LogP contribution is -2.36. The van der Waals surface area contributed by atoms with E-state index in [1.54, 1.807) is 12.3 Å². The monoisotopic (exact) mass is 293 g/mol. The van der Waals surface area contributed by atoms with Gasteiger partial charge in [-0.1, -0.05) is 13.8 Å². The minimum absolute atomic E-state index is 0.0238. The highest BCUT2D eigenvalue weighted by molar-refractivity contribution is 5.45. The zero-order valence-corrected chi connectivity index (χ0v) is 13.9. The third kappa shape index (κ3) is 4.67. The summed E-state index contributed by atoms with van der Waals surface area (Å²) in [7, 11) is 0. The van der Waals surface area contributed by atoms with Crippen molar-refractivity contribution in [1.29, 1.82) is 0 Å². The predicted molar refractivity (Wildman–Crippen MR) is 86.0 cm³/mol. The summed E-state index contributed by atoms with van der Waals surface area (Å²) in [6.07, 6.45) is 4.03. The molecule has 0 spiro atoms. The van der Waals surface area contributed by atoms with Gasteiger partial charge in [0.25, 0.3) is 0 Å². The zero-order valence-electron chi connectivity index (χ0n) is 13.9. The van der Waals surface area contributed by atoms with Crippen LogP contribution in [-0.2, 0) is 6.54 Å². The quantitative estimate of drug-likeness (QED) is 0.866. The van der Waals surface area contributed by atoms with E-state index in [0.29, 0.717) is 29.9 Å². The number of hydrogen-bond acceptors (Lipinski definition) is 3. The van der Waals surface area contributed by atoms with Crippen molar-refractivity contribution in [3.05, 3.63) is 23.6 Å². The molecule has 1 fully saturated rings. The average Bonchev–Trinajstić information content (AvgIpc) is 3.18. The second-order valence-electron chi connectivity index (χ2n) is 7.49. The molecule has 4 heteroatoms. The lowest BCUT2D eigenvalue weighted by Gasteiger charge is -2.27. The summed E-state index contributed by atoms with van der Waals surface area (Å²) < 4.78 is 14.8. The number of nitrogens with one attached hydrogen (secondary N) is 1. The molecule has 118 valence electrons. The molecule has 1 aliphatic carbocycles. The van der Waals surface area contributed by atoms with Crippen molar-refractivity contribution in [2.45, 2.75) is 65.6 Å². The first-order valence-corrected chi connectivity index (χ1v) is 7.93. The van der Waals surface area contributed by atoms with Crippen LogP contribution in [0, 0.1) is 11.7 Å².